The van der Waals surface area contributed by atoms with E-state index < -0.39 is 0 Å². The van der Waals surface area contributed by atoms with E-state index in [0.29, 0.717) is 18.3 Å². The third-order valence-electron chi connectivity index (χ3n) is 4.54. The predicted molar refractivity (Wildman–Crippen MR) is 95.8 cm³/mol. The summed E-state index contributed by atoms with van der Waals surface area (Å²) in [4.78, 5) is 6.74. The third kappa shape index (κ3) is 4.58. The fourth-order valence-corrected chi connectivity index (χ4v) is 3.01. The van der Waals surface area contributed by atoms with E-state index in [4.69, 9.17) is 14.0 Å². The second-order valence-electron chi connectivity index (χ2n) is 6.73. The van der Waals surface area contributed by atoms with Gasteiger partial charge in [0, 0.05) is 19.1 Å². The summed E-state index contributed by atoms with van der Waals surface area (Å²) in [6, 6.07) is 7.84. The molecule has 0 saturated carbocycles. The first kappa shape index (κ1) is 17.9. The van der Waals surface area contributed by atoms with Gasteiger partial charge < -0.3 is 18.9 Å². The summed E-state index contributed by atoms with van der Waals surface area (Å²) in [6.07, 6.45) is 3.17. The van der Waals surface area contributed by atoms with Gasteiger partial charge in [0.25, 0.3) is 0 Å². The molecule has 1 aromatic carbocycles. The maximum atomic E-state index is 5.91. The summed E-state index contributed by atoms with van der Waals surface area (Å²) in [5, 5.41) is 4.20. The minimum Gasteiger partial charge on any atom is -0.491 e. The van der Waals surface area contributed by atoms with E-state index in [2.05, 4.69) is 22.0 Å². The van der Waals surface area contributed by atoms with Crippen LogP contribution in [0.25, 0.3) is 11.4 Å². The Balaban J connectivity index is 1.73. The van der Waals surface area contributed by atoms with Crippen LogP contribution in [-0.4, -0.2) is 55.0 Å². The number of likely N-dealkylation sites (N-methyl/N-ethyl adjacent to an activating group) is 1. The maximum absolute atomic E-state index is 5.91. The number of para-hydroxylation sites is 1. The molecule has 0 spiro atoms. The Kier molecular flexibility index (Phi) is 6.04. The van der Waals surface area contributed by atoms with Crippen molar-refractivity contribution in [3.05, 3.63) is 30.2 Å². The predicted octanol–water partition coefficient (Wildman–Crippen LogP) is 3.35. The highest BCUT2D eigenvalue weighted by atomic mass is 16.5. The van der Waals surface area contributed by atoms with E-state index in [1.165, 1.54) is 0 Å². The first-order valence-corrected chi connectivity index (χ1v) is 8.99. The van der Waals surface area contributed by atoms with Crippen LogP contribution in [0.4, 0.5) is 0 Å². The minimum absolute atomic E-state index is 0.279. The van der Waals surface area contributed by atoms with Crippen LogP contribution in [0.2, 0.25) is 0 Å². The quantitative estimate of drug-likeness (QED) is 0.767. The molecule has 3 rings (SSSR count). The van der Waals surface area contributed by atoms with Gasteiger partial charge in [-0.05, 0) is 45.5 Å². The number of aromatic nitrogens is 2. The molecule has 1 fully saturated rings. The van der Waals surface area contributed by atoms with Gasteiger partial charge in [0.15, 0.2) is 0 Å². The summed E-state index contributed by atoms with van der Waals surface area (Å²) in [5.74, 6) is 2.37. The van der Waals surface area contributed by atoms with Gasteiger partial charge in [0.1, 0.15) is 12.4 Å². The average Bonchev–Trinajstić information content (AvgIpc) is 3.12. The molecular weight excluding hydrogens is 318 g/mol. The molecule has 2 atom stereocenters. The smallest absolute Gasteiger partial charge is 0.230 e. The van der Waals surface area contributed by atoms with Crippen LogP contribution in [0.15, 0.2) is 28.8 Å². The van der Waals surface area contributed by atoms with Gasteiger partial charge in [-0.1, -0.05) is 24.2 Å². The molecule has 0 amide bonds. The Bertz CT molecular complexity index is 671. The molecule has 1 aliphatic heterocycles. The molecule has 0 aliphatic carbocycles. The molecule has 0 radical (unpaired) electrons. The number of rotatable bonds is 7. The van der Waals surface area contributed by atoms with Crippen molar-refractivity contribution in [1.29, 1.82) is 0 Å². The van der Waals surface area contributed by atoms with Gasteiger partial charge in [-0.25, -0.2) is 0 Å². The van der Waals surface area contributed by atoms with Crippen LogP contribution in [0.5, 0.6) is 5.75 Å². The molecule has 2 aromatic rings. The van der Waals surface area contributed by atoms with Crippen molar-refractivity contribution in [2.24, 2.45) is 0 Å². The lowest BCUT2D eigenvalue weighted by Crippen LogP contribution is -2.24. The molecule has 0 unspecified atom stereocenters. The average molecular weight is 345 g/mol. The van der Waals surface area contributed by atoms with Crippen molar-refractivity contribution in [2.45, 2.75) is 38.2 Å². The summed E-state index contributed by atoms with van der Waals surface area (Å²) < 4.78 is 17.2. The van der Waals surface area contributed by atoms with Crippen molar-refractivity contribution < 1.29 is 14.0 Å². The highest BCUT2D eigenvalue weighted by Gasteiger charge is 2.27. The second kappa shape index (κ2) is 8.45. The highest BCUT2D eigenvalue weighted by molar-refractivity contribution is 5.63. The van der Waals surface area contributed by atoms with E-state index in [0.717, 1.165) is 43.7 Å². The highest BCUT2D eigenvalue weighted by Crippen LogP contribution is 2.33. The number of benzene rings is 1. The Morgan fingerprint density at radius 2 is 2.12 bits per heavy atom. The summed E-state index contributed by atoms with van der Waals surface area (Å²) in [6.45, 7) is 4.37. The number of ether oxygens (including phenoxy) is 2. The zero-order chi connectivity index (χ0) is 17.6. The van der Waals surface area contributed by atoms with Crippen molar-refractivity contribution in [3.8, 4) is 17.1 Å². The van der Waals surface area contributed by atoms with E-state index in [-0.39, 0.29) is 12.0 Å². The van der Waals surface area contributed by atoms with Crippen LogP contribution in [0, 0.1) is 0 Å². The van der Waals surface area contributed by atoms with E-state index >= 15 is 0 Å². The Morgan fingerprint density at radius 3 is 2.92 bits per heavy atom. The topological polar surface area (TPSA) is 60.6 Å². The third-order valence-corrected chi connectivity index (χ3v) is 4.54. The molecule has 0 N–H and O–H groups in total. The summed E-state index contributed by atoms with van der Waals surface area (Å²) >= 11 is 0. The molecule has 1 aliphatic rings. The zero-order valence-electron chi connectivity index (χ0n) is 15.3. The van der Waals surface area contributed by atoms with Crippen molar-refractivity contribution in [1.82, 2.24) is 15.0 Å². The molecule has 1 aromatic heterocycles. The van der Waals surface area contributed by atoms with Crippen LogP contribution in [0.1, 0.15) is 38.0 Å². The number of hydrogen-bond donors (Lipinski definition) is 0. The van der Waals surface area contributed by atoms with Gasteiger partial charge >= 0.3 is 0 Å². The van der Waals surface area contributed by atoms with Crippen LogP contribution < -0.4 is 4.74 Å². The first-order chi connectivity index (χ1) is 12.2. The van der Waals surface area contributed by atoms with E-state index in [9.17, 15) is 0 Å². The number of hydrogen-bond acceptors (Lipinski definition) is 6. The molecule has 0 bridgehead atoms. The molecule has 1 saturated heterocycles. The molecule has 2 heterocycles. The molecule has 25 heavy (non-hydrogen) atoms. The lowest BCUT2D eigenvalue weighted by molar-refractivity contribution is 0.0000982. The largest absolute Gasteiger partial charge is 0.491 e. The van der Waals surface area contributed by atoms with Gasteiger partial charge in [-0.15, -0.1) is 0 Å². The first-order valence-electron chi connectivity index (χ1n) is 8.99. The number of nitrogens with zero attached hydrogens (tertiary/aromatic N) is 3. The lowest BCUT2D eigenvalue weighted by atomic mass is 9.94. The van der Waals surface area contributed by atoms with Crippen molar-refractivity contribution in [3.63, 3.8) is 0 Å². The fraction of sp³-hybridized carbons (Fsp3) is 0.579. The maximum Gasteiger partial charge on any atom is 0.230 e. The van der Waals surface area contributed by atoms with E-state index in [1.54, 1.807) is 0 Å². The Labute approximate surface area is 149 Å². The van der Waals surface area contributed by atoms with Gasteiger partial charge in [0.05, 0.1) is 11.7 Å². The minimum atomic E-state index is 0.279. The summed E-state index contributed by atoms with van der Waals surface area (Å²) in [7, 11) is 4.05. The zero-order valence-corrected chi connectivity index (χ0v) is 15.3. The monoisotopic (exact) mass is 345 g/mol. The van der Waals surface area contributed by atoms with Crippen LogP contribution in [0.3, 0.4) is 0 Å². The fourth-order valence-electron chi connectivity index (χ4n) is 3.01. The van der Waals surface area contributed by atoms with Crippen molar-refractivity contribution >= 4 is 0 Å². The van der Waals surface area contributed by atoms with Gasteiger partial charge in [0.2, 0.25) is 11.7 Å². The van der Waals surface area contributed by atoms with Gasteiger partial charge in [-0.2, -0.15) is 4.98 Å². The molecular formula is C19H27N3O3. The Morgan fingerprint density at radius 1 is 1.28 bits per heavy atom. The molecule has 6 heteroatoms. The van der Waals surface area contributed by atoms with Crippen molar-refractivity contribution in [2.75, 3.05) is 33.9 Å². The Hall–Kier alpha value is -1.92. The molecule has 6 nitrogen and oxygen atoms in total. The SMILES string of the molecule is CC[C@@H]1C[C@@H](c2nc(-c3ccccc3OCCN(C)C)no2)CCO1. The van der Waals surface area contributed by atoms with Crippen LogP contribution in [-0.2, 0) is 4.74 Å². The normalized spacial score (nSPS) is 20.8. The lowest BCUT2D eigenvalue weighted by Gasteiger charge is -2.26. The van der Waals surface area contributed by atoms with Gasteiger partial charge in [-0.3, -0.25) is 0 Å². The second-order valence-corrected chi connectivity index (χ2v) is 6.73. The van der Waals surface area contributed by atoms with Crippen LogP contribution >= 0.6 is 0 Å². The standard InChI is InChI=1S/C19H27N3O3/c1-4-15-13-14(9-11-23-15)19-20-18(21-25-19)16-7-5-6-8-17(16)24-12-10-22(2)3/h5-8,14-15H,4,9-13H2,1-3H3/t14-,15+/m0/s1. The van der Waals surface area contributed by atoms with E-state index in [1.807, 2.05) is 38.4 Å². The molecule has 136 valence electrons. The summed E-state index contributed by atoms with van der Waals surface area (Å²) in [5.41, 5.74) is 0.871.